The minimum Gasteiger partial charge on any atom is -0.359 e. The van der Waals surface area contributed by atoms with E-state index in [4.69, 9.17) is 0 Å². The molecule has 0 aliphatic heterocycles. The average Bonchev–Trinajstić information content (AvgIpc) is 2.20. The lowest BCUT2D eigenvalue weighted by atomic mass is 9.84. The van der Waals surface area contributed by atoms with Crippen LogP contribution in [0.15, 0.2) is 0 Å². The number of hydrogen-bond donors (Lipinski definition) is 2. The highest BCUT2D eigenvalue weighted by molar-refractivity contribution is 8.00. The van der Waals surface area contributed by atoms with Gasteiger partial charge in [0.15, 0.2) is 0 Å². The molecular weight excluding hydrogens is 208 g/mol. The monoisotopic (exact) mass is 230 g/mol. The van der Waals surface area contributed by atoms with Crippen molar-refractivity contribution in [2.24, 2.45) is 0 Å². The van der Waals surface area contributed by atoms with Gasteiger partial charge in [-0.2, -0.15) is 11.8 Å². The number of carbonyl (C=O) groups is 1. The van der Waals surface area contributed by atoms with Crippen LogP contribution in [0.5, 0.6) is 0 Å². The molecular formula is C11H22N2OS. The van der Waals surface area contributed by atoms with Crippen LogP contribution in [0.2, 0.25) is 0 Å². The molecule has 0 heterocycles. The summed E-state index contributed by atoms with van der Waals surface area (Å²) in [7, 11) is 1.69. The Labute approximate surface area is 96.8 Å². The van der Waals surface area contributed by atoms with Crippen molar-refractivity contribution in [3.63, 3.8) is 0 Å². The highest BCUT2D eigenvalue weighted by Crippen LogP contribution is 2.42. The molecule has 4 heteroatoms. The molecule has 0 aromatic heterocycles. The maximum Gasteiger partial charge on any atom is 0.219 e. The van der Waals surface area contributed by atoms with E-state index in [-0.39, 0.29) is 5.91 Å². The van der Waals surface area contributed by atoms with E-state index >= 15 is 0 Å². The summed E-state index contributed by atoms with van der Waals surface area (Å²) in [4.78, 5) is 11.0. The number of nitrogens with one attached hydrogen (secondary N) is 2. The Kier molecular flexibility index (Phi) is 5.47. The van der Waals surface area contributed by atoms with Gasteiger partial charge in [-0.1, -0.05) is 6.42 Å². The molecule has 0 bridgehead atoms. The van der Waals surface area contributed by atoms with Gasteiger partial charge in [0.2, 0.25) is 5.91 Å². The Morgan fingerprint density at radius 2 is 2.20 bits per heavy atom. The summed E-state index contributed by atoms with van der Waals surface area (Å²) in [6.07, 6.45) is 7.83. The molecule has 0 saturated heterocycles. The van der Waals surface area contributed by atoms with E-state index in [0.717, 1.165) is 19.5 Å². The van der Waals surface area contributed by atoms with Crippen LogP contribution in [0.3, 0.4) is 0 Å². The number of hydrogen-bond acceptors (Lipinski definition) is 3. The molecule has 0 spiro atoms. The molecule has 1 saturated carbocycles. The summed E-state index contributed by atoms with van der Waals surface area (Å²) in [5.74, 6) is 0.139. The molecule has 88 valence electrons. The molecule has 1 aliphatic rings. The predicted molar refractivity (Wildman–Crippen MR) is 66.3 cm³/mol. The standard InChI is InChI=1S/C11H22N2OS/c1-12-10(14)5-3-8-13-9-11(15-2)6-4-7-11/h13H,3-9H2,1-2H3,(H,12,14). The molecule has 1 amide bonds. The molecule has 1 aliphatic carbocycles. The zero-order chi connectivity index (χ0) is 11.1. The van der Waals surface area contributed by atoms with E-state index in [9.17, 15) is 4.79 Å². The second kappa shape index (κ2) is 6.38. The van der Waals surface area contributed by atoms with Crippen LogP contribution in [0.25, 0.3) is 0 Å². The first-order valence-corrected chi connectivity index (χ1v) is 6.91. The quantitative estimate of drug-likeness (QED) is 0.649. The van der Waals surface area contributed by atoms with Gasteiger partial charge in [0.25, 0.3) is 0 Å². The van der Waals surface area contributed by atoms with Crippen LogP contribution in [-0.4, -0.2) is 37.0 Å². The average molecular weight is 230 g/mol. The van der Waals surface area contributed by atoms with Gasteiger partial charge in [-0.15, -0.1) is 0 Å². The SMILES string of the molecule is CNC(=O)CCCNCC1(SC)CCC1. The van der Waals surface area contributed by atoms with Crippen LogP contribution in [-0.2, 0) is 4.79 Å². The third-order valence-electron chi connectivity index (χ3n) is 3.18. The van der Waals surface area contributed by atoms with Gasteiger partial charge in [-0.05, 0) is 32.1 Å². The minimum absolute atomic E-state index is 0.139. The fourth-order valence-corrected chi connectivity index (χ4v) is 2.78. The zero-order valence-electron chi connectivity index (χ0n) is 9.77. The van der Waals surface area contributed by atoms with E-state index in [2.05, 4.69) is 16.9 Å². The lowest BCUT2D eigenvalue weighted by molar-refractivity contribution is -0.120. The first-order valence-electron chi connectivity index (χ1n) is 5.69. The van der Waals surface area contributed by atoms with Gasteiger partial charge in [-0.3, -0.25) is 4.79 Å². The van der Waals surface area contributed by atoms with Crippen molar-refractivity contribution >= 4 is 17.7 Å². The number of rotatable bonds is 7. The van der Waals surface area contributed by atoms with Crippen molar-refractivity contribution in [2.75, 3.05) is 26.4 Å². The van der Waals surface area contributed by atoms with Crippen LogP contribution in [0, 0.1) is 0 Å². The minimum atomic E-state index is 0.139. The molecule has 0 radical (unpaired) electrons. The Balaban J connectivity index is 1.99. The van der Waals surface area contributed by atoms with E-state index in [1.165, 1.54) is 19.3 Å². The van der Waals surface area contributed by atoms with Crippen molar-refractivity contribution in [3.8, 4) is 0 Å². The first kappa shape index (κ1) is 12.8. The Morgan fingerprint density at radius 3 is 2.67 bits per heavy atom. The number of carbonyl (C=O) groups excluding carboxylic acids is 1. The zero-order valence-corrected chi connectivity index (χ0v) is 10.6. The van der Waals surface area contributed by atoms with E-state index < -0.39 is 0 Å². The summed E-state index contributed by atoms with van der Waals surface area (Å²) in [5.41, 5.74) is 0. The van der Waals surface area contributed by atoms with Crippen molar-refractivity contribution in [3.05, 3.63) is 0 Å². The first-order chi connectivity index (χ1) is 7.22. The van der Waals surface area contributed by atoms with Gasteiger partial charge in [0.05, 0.1) is 0 Å². The predicted octanol–water partition coefficient (Wildman–Crippen LogP) is 1.39. The molecule has 1 fully saturated rings. The summed E-state index contributed by atoms with van der Waals surface area (Å²) < 4.78 is 0.507. The Bertz CT molecular complexity index is 199. The largest absolute Gasteiger partial charge is 0.359 e. The van der Waals surface area contributed by atoms with E-state index in [1.807, 2.05) is 11.8 Å². The van der Waals surface area contributed by atoms with Crippen LogP contribution in [0.1, 0.15) is 32.1 Å². The Hall–Kier alpha value is -0.220. The molecule has 0 unspecified atom stereocenters. The molecule has 0 aromatic rings. The third kappa shape index (κ3) is 4.03. The summed E-state index contributed by atoms with van der Waals surface area (Å²) in [6.45, 7) is 2.05. The van der Waals surface area contributed by atoms with Crippen molar-refractivity contribution in [1.82, 2.24) is 10.6 Å². The maximum atomic E-state index is 11.0. The van der Waals surface area contributed by atoms with E-state index in [1.54, 1.807) is 7.05 Å². The summed E-state index contributed by atoms with van der Waals surface area (Å²) >= 11 is 1.99. The van der Waals surface area contributed by atoms with Gasteiger partial charge >= 0.3 is 0 Å². The fraction of sp³-hybridized carbons (Fsp3) is 0.909. The summed E-state index contributed by atoms with van der Waals surface area (Å²) in [6, 6.07) is 0. The molecule has 0 aromatic carbocycles. The van der Waals surface area contributed by atoms with Crippen LogP contribution < -0.4 is 10.6 Å². The molecule has 15 heavy (non-hydrogen) atoms. The maximum absolute atomic E-state index is 11.0. The lowest BCUT2D eigenvalue weighted by Gasteiger charge is -2.40. The van der Waals surface area contributed by atoms with Gasteiger partial charge < -0.3 is 10.6 Å². The van der Waals surface area contributed by atoms with Gasteiger partial charge in [0, 0.05) is 24.8 Å². The van der Waals surface area contributed by atoms with Crippen molar-refractivity contribution in [1.29, 1.82) is 0 Å². The number of amides is 1. The normalized spacial score (nSPS) is 18.3. The molecule has 1 rings (SSSR count). The third-order valence-corrected chi connectivity index (χ3v) is 4.60. The fourth-order valence-electron chi connectivity index (χ4n) is 1.84. The lowest BCUT2D eigenvalue weighted by Crippen LogP contribution is -2.43. The molecule has 3 nitrogen and oxygen atoms in total. The topological polar surface area (TPSA) is 41.1 Å². The summed E-state index contributed by atoms with van der Waals surface area (Å²) in [5, 5.41) is 6.09. The Morgan fingerprint density at radius 1 is 1.47 bits per heavy atom. The van der Waals surface area contributed by atoms with Gasteiger partial charge in [-0.25, -0.2) is 0 Å². The molecule has 0 atom stereocenters. The number of thioether (sulfide) groups is 1. The van der Waals surface area contributed by atoms with Crippen molar-refractivity contribution in [2.45, 2.75) is 36.9 Å². The van der Waals surface area contributed by atoms with Crippen LogP contribution >= 0.6 is 11.8 Å². The highest BCUT2D eigenvalue weighted by Gasteiger charge is 2.35. The van der Waals surface area contributed by atoms with Gasteiger partial charge in [0.1, 0.15) is 0 Å². The second-order valence-corrected chi connectivity index (χ2v) is 5.47. The smallest absolute Gasteiger partial charge is 0.219 e. The molecule has 2 N–H and O–H groups in total. The van der Waals surface area contributed by atoms with E-state index in [0.29, 0.717) is 11.2 Å². The second-order valence-electron chi connectivity index (χ2n) is 4.19. The van der Waals surface area contributed by atoms with Crippen molar-refractivity contribution < 1.29 is 4.79 Å². The highest BCUT2D eigenvalue weighted by atomic mass is 32.2. The van der Waals surface area contributed by atoms with Crippen LogP contribution in [0.4, 0.5) is 0 Å².